The summed E-state index contributed by atoms with van der Waals surface area (Å²) < 4.78 is 77.9. The van der Waals surface area contributed by atoms with Crippen molar-refractivity contribution in [2.24, 2.45) is 22.6 Å². The molecule has 0 fully saturated rings. The van der Waals surface area contributed by atoms with Gasteiger partial charge < -0.3 is 16.4 Å². The Hall–Kier alpha value is -3.90. The minimum Gasteiger partial charge on any atom is -0.369 e. The Labute approximate surface area is 232 Å². The number of hydrogen-bond donors (Lipinski definition) is 3. The maximum Gasteiger partial charge on any atom is 0.389 e. The molecule has 0 spiro atoms. The van der Waals surface area contributed by atoms with Gasteiger partial charge in [0.05, 0.1) is 11.4 Å². The number of rotatable bonds is 10. The smallest absolute Gasteiger partial charge is 0.369 e. The summed E-state index contributed by atoms with van der Waals surface area (Å²) in [5, 5.41) is 5.00. The molecule has 2 aromatic carbocycles. The van der Waals surface area contributed by atoms with Gasteiger partial charge in [-0.05, 0) is 24.3 Å². The van der Waals surface area contributed by atoms with Gasteiger partial charge in [-0.15, -0.1) is 0 Å². The van der Waals surface area contributed by atoms with Gasteiger partial charge in [-0.1, -0.05) is 62.4 Å². The van der Waals surface area contributed by atoms with Gasteiger partial charge >= 0.3 is 12.4 Å². The average molecular weight is 585 g/mol. The first-order valence-corrected chi connectivity index (χ1v) is 12.9. The van der Waals surface area contributed by atoms with Crippen molar-refractivity contribution in [2.45, 2.75) is 64.0 Å². The molecule has 1 heterocycles. The Balaban J connectivity index is 2.03. The molecule has 1 aliphatic heterocycles. The minimum absolute atomic E-state index is 0.0369. The fourth-order valence-corrected chi connectivity index (χ4v) is 4.70. The van der Waals surface area contributed by atoms with Crippen LogP contribution < -0.4 is 16.4 Å². The predicted octanol–water partition coefficient (Wildman–Crippen LogP) is 5.44. The van der Waals surface area contributed by atoms with E-state index in [1.807, 2.05) is 13.8 Å². The van der Waals surface area contributed by atoms with Crippen LogP contribution in [0.15, 0.2) is 53.5 Å². The maximum absolute atomic E-state index is 13.3. The molecule has 0 bridgehead atoms. The van der Waals surface area contributed by atoms with Crippen LogP contribution in [0.1, 0.15) is 62.1 Å². The van der Waals surface area contributed by atoms with E-state index >= 15 is 0 Å². The van der Waals surface area contributed by atoms with Gasteiger partial charge in [-0.2, -0.15) is 26.3 Å². The van der Waals surface area contributed by atoms with Crippen LogP contribution in [0.4, 0.5) is 32.0 Å². The highest BCUT2D eigenvalue weighted by Gasteiger charge is 2.40. The second kappa shape index (κ2) is 12.7. The van der Waals surface area contributed by atoms with Crippen LogP contribution in [-0.2, 0) is 14.4 Å². The van der Waals surface area contributed by atoms with Gasteiger partial charge in [0.25, 0.3) is 5.91 Å². The van der Waals surface area contributed by atoms with E-state index in [9.17, 15) is 40.7 Å². The van der Waals surface area contributed by atoms with Crippen LogP contribution in [0.2, 0.25) is 0 Å². The van der Waals surface area contributed by atoms with Gasteiger partial charge in [0.1, 0.15) is 0 Å². The summed E-state index contributed by atoms with van der Waals surface area (Å²) in [5.74, 6) is -7.22. The Morgan fingerprint density at radius 2 is 1.51 bits per heavy atom. The molecule has 3 rings (SSSR count). The quantitative estimate of drug-likeness (QED) is 0.323. The molecule has 222 valence electrons. The van der Waals surface area contributed by atoms with E-state index in [2.05, 4.69) is 15.6 Å². The zero-order valence-electron chi connectivity index (χ0n) is 22.3. The van der Waals surface area contributed by atoms with E-state index in [4.69, 9.17) is 5.73 Å². The van der Waals surface area contributed by atoms with Crippen LogP contribution in [0.25, 0.3) is 0 Å². The molecule has 2 aromatic rings. The number of primary amides is 1. The van der Waals surface area contributed by atoms with Crippen molar-refractivity contribution < 1.29 is 40.7 Å². The van der Waals surface area contributed by atoms with E-state index in [0.717, 1.165) is 5.56 Å². The molecule has 2 unspecified atom stereocenters. The lowest BCUT2D eigenvalue weighted by Crippen LogP contribution is -2.48. The normalized spacial score (nSPS) is 17.1. The second-order valence-corrected chi connectivity index (χ2v) is 10.1. The summed E-state index contributed by atoms with van der Waals surface area (Å²) in [4.78, 5) is 43.2. The third-order valence-electron chi connectivity index (χ3n) is 6.72. The summed E-state index contributed by atoms with van der Waals surface area (Å²) in [5.41, 5.74) is 7.84. The summed E-state index contributed by atoms with van der Waals surface area (Å²) in [6, 6.07) is 13.9. The predicted molar refractivity (Wildman–Crippen MR) is 140 cm³/mol. The number of carbonyl (C=O) groups is 3. The number of halogens is 6. The zero-order valence-corrected chi connectivity index (χ0v) is 22.3. The Kier molecular flexibility index (Phi) is 9.82. The lowest BCUT2D eigenvalue weighted by Gasteiger charge is -2.26. The molecule has 3 atom stereocenters. The van der Waals surface area contributed by atoms with Crippen LogP contribution >= 0.6 is 0 Å². The van der Waals surface area contributed by atoms with E-state index in [0.29, 0.717) is 22.5 Å². The molecule has 0 aromatic heterocycles. The van der Waals surface area contributed by atoms with Crippen molar-refractivity contribution in [3.8, 4) is 0 Å². The van der Waals surface area contributed by atoms with Gasteiger partial charge in [-0.25, -0.2) is 4.99 Å². The van der Waals surface area contributed by atoms with Crippen LogP contribution in [0.3, 0.4) is 0 Å². The zero-order chi connectivity index (χ0) is 30.5. The number of benzodiazepines with no additional fused rings is 1. The molecule has 13 heteroatoms. The van der Waals surface area contributed by atoms with Crippen molar-refractivity contribution in [3.63, 3.8) is 0 Å². The highest BCUT2D eigenvalue weighted by atomic mass is 19.4. The second-order valence-electron chi connectivity index (χ2n) is 10.1. The Morgan fingerprint density at radius 3 is 2.05 bits per heavy atom. The summed E-state index contributed by atoms with van der Waals surface area (Å²) in [6.45, 7) is 3.81. The Bertz CT molecular complexity index is 1290. The first-order chi connectivity index (χ1) is 19.1. The fourth-order valence-electron chi connectivity index (χ4n) is 4.70. The number of fused-ring (bicyclic) bond motifs is 1. The lowest BCUT2D eigenvalue weighted by atomic mass is 9.83. The number of nitrogens with one attached hydrogen (secondary N) is 2. The van der Waals surface area contributed by atoms with Crippen molar-refractivity contribution in [3.05, 3.63) is 65.2 Å². The number of para-hydroxylation sites is 1. The highest BCUT2D eigenvalue weighted by molar-refractivity contribution is 6.20. The van der Waals surface area contributed by atoms with Gasteiger partial charge in [0.2, 0.25) is 18.0 Å². The third-order valence-corrected chi connectivity index (χ3v) is 6.72. The fraction of sp³-hybridized carbons (Fsp3) is 0.429. The van der Waals surface area contributed by atoms with Crippen molar-refractivity contribution in [1.82, 2.24) is 5.32 Å². The van der Waals surface area contributed by atoms with Crippen LogP contribution in [-0.4, -0.2) is 42.0 Å². The molecule has 0 saturated heterocycles. The molecule has 7 nitrogen and oxygen atoms in total. The third kappa shape index (κ3) is 8.54. The number of nitrogens with zero attached hydrogens (tertiary/aromatic N) is 1. The van der Waals surface area contributed by atoms with Gasteiger partial charge in [0, 0.05) is 35.8 Å². The molecule has 0 radical (unpaired) electrons. The van der Waals surface area contributed by atoms with Crippen molar-refractivity contribution in [2.75, 3.05) is 5.32 Å². The maximum atomic E-state index is 13.3. The average Bonchev–Trinajstić information content (AvgIpc) is 3.00. The van der Waals surface area contributed by atoms with Crippen molar-refractivity contribution in [1.29, 1.82) is 0 Å². The SMILES string of the molecule is CC(C)c1cccc2c1NC(=O)[C@@H](NC(=O)C(CCC(F)(F)F)C(CCC(F)(F)F)C(N)=O)N=C2c1ccccc1. The number of anilines is 1. The lowest BCUT2D eigenvalue weighted by molar-refractivity contribution is -0.152. The summed E-state index contributed by atoms with van der Waals surface area (Å²) in [6.07, 6.45) is -16.3. The largest absolute Gasteiger partial charge is 0.389 e. The molecule has 3 amide bonds. The van der Waals surface area contributed by atoms with Gasteiger partial charge in [-0.3, -0.25) is 14.4 Å². The molecule has 41 heavy (non-hydrogen) atoms. The van der Waals surface area contributed by atoms with Crippen LogP contribution in [0.5, 0.6) is 0 Å². The molecular weight excluding hydrogens is 554 g/mol. The van der Waals surface area contributed by atoms with E-state index in [1.54, 1.807) is 48.5 Å². The Morgan fingerprint density at radius 1 is 0.927 bits per heavy atom. The van der Waals surface area contributed by atoms with E-state index < -0.39 is 73.8 Å². The number of amides is 3. The number of benzene rings is 2. The first kappa shape index (κ1) is 31.6. The standard InChI is InChI=1S/C28H30F6N4O3/c1-15(2)17-9-6-10-20-21(16-7-4-3-5-8-16)36-24(26(41)37-22(17)20)38-25(40)19(12-14-28(32,33)34)18(23(35)39)11-13-27(29,30)31/h3-10,15,18-19,24H,11-14H2,1-2H3,(H2,35,39)(H,37,41)(H,38,40)/t18?,19?,24-/m1/s1. The molecular formula is C28H30F6N4O3. The summed E-state index contributed by atoms with van der Waals surface area (Å²) in [7, 11) is 0. The first-order valence-electron chi connectivity index (χ1n) is 12.9. The molecule has 0 aliphatic carbocycles. The number of hydrogen-bond acceptors (Lipinski definition) is 4. The topological polar surface area (TPSA) is 114 Å². The molecule has 1 aliphatic rings. The monoisotopic (exact) mass is 584 g/mol. The molecule has 0 saturated carbocycles. The van der Waals surface area contributed by atoms with Crippen LogP contribution in [0, 0.1) is 11.8 Å². The number of aliphatic imine (C=N–C) groups is 1. The van der Waals surface area contributed by atoms with Gasteiger partial charge in [0.15, 0.2) is 0 Å². The number of carbonyl (C=O) groups excluding carboxylic acids is 3. The van der Waals surface area contributed by atoms with E-state index in [-0.39, 0.29) is 5.92 Å². The minimum atomic E-state index is -4.77. The summed E-state index contributed by atoms with van der Waals surface area (Å²) >= 11 is 0. The van der Waals surface area contributed by atoms with E-state index in [1.165, 1.54) is 0 Å². The molecule has 4 N–H and O–H groups in total. The number of nitrogens with two attached hydrogens (primary N) is 1. The number of alkyl halides is 6. The highest BCUT2D eigenvalue weighted by Crippen LogP contribution is 2.34. The van der Waals surface area contributed by atoms with Crippen molar-refractivity contribution >= 4 is 29.1 Å².